The standard InChI is InChI=1S/C31H34N2O8S/c1-8-39-25-15-21(10-12-23(25)41-19(5)34)28-27(30(36)40-16-17(2)3)18(4)32-31-33(28)29(35)26(42-31)14-20-9-11-22(37-6)24(13-20)38-7/h9-15,17,28H,8,16H2,1-7H3/b26-14-. The number of rotatable bonds is 10. The SMILES string of the molecule is CCOc1cc(C2C(C(=O)OCC(C)C)=C(C)N=c3s/c(=C\c4ccc(OC)c(OC)c4)c(=O)n32)ccc1OC(C)=O. The van der Waals surface area contributed by atoms with Crippen LogP contribution in [-0.4, -0.2) is 43.9 Å². The number of esters is 2. The second-order valence-electron chi connectivity index (χ2n) is 9.92. The second kappa shape index (κ2) is 13.1. The van der Waals surface area contributed by atoms with Crippen LogP contribution in [0.15, 0.2) is 57.5 Å². The molecule has 1 aliphatic heterocycles. The number of ether oxygens (including phenoxy) is 5. The van der Waals surface area contributed by atoms with Gasteiger partial charge < -0.3 is 23.7 Å². The summed E-state index contributed by atoms with van der Waals surface area (Å²) < 4.78 is 29.4. The molecule has 11 heteroatoms. The van der Waals surface area contributed by atoms with Crippen LogP contribution in [0.1, 0.15) is 51.8 Å². The summed E-state index contributed by atoms with van der Waals surface area (Å²) in [5.41, 5.74) is 1.64. The molecule has 0 fully saturated rings. The first-order valence-electron chi connectivity index (χ1n) is 13.4. The predicted octanol–water partition coefficient (Wildman–Crippen LogP) is 3.78. The summed E-state index contributed by atoms with van der Waals surface area (Å²) in [6, 6.07) is 9.46. The number of nitrogens with zero attached hydrogens (tertiary/aromatic N) is 2. The van der Waals surface area contributed by atoms with E-state index < -0.39 is 18.0 Å². The third-order valence-electron chi connectivity index (χ3n) is 6.33. The molecule has 42 heavy (non-hydrogen) atoms. The van der Waals surface area contributed by atoms with Gasteiger partial charge in [-0.3, -0.25) is 14.2 Å². The Kier molecular flexibility index (Phi) is 9.52. The molecule has 1 aromatic heterocycles. The molecule has 0 bridgehead atoms. The molecule has 10 nitrogen and oxygen atoms in total. The molecular weight excluding hydrogens is 560 g/mol. The van der Waals surface area contributed by atoms with Crippen LogP contribution in [0.5, 0.6) is 23.0 Å². The van der Waals surface area contributed by atoms with E-state index in [2.05, 4.69) is 4.99 Å². The summed E-state index contributed by atoms with van der Waals surface area (Å²) in [7, 11) is 3.10. The number of thiazole rings is 1. The molecule has 2 heterocycles. The molecule has 1 atom stereocenters. The molecule has 4 rings (SSSR count). The molecule has 222 valence electrons. The van der Waals surface area contributed by atoms with Crippen molar-refractivity contribution in [1.82, 2.24) is 4.57 Å². The Hall–Kier alpha value is -4.38. The van der Waals surface area contributed by atoms with Gasteiger partial charge in [0.15, 0.2) is 27.8 Å². The highest BCUT2D eigenvalue weighted by Gasteiger charge is 2.34. The Morgan fingerprint density at radius 3 is 2.40 bits per heavy atom. The van der Waals surface area contributed by atoms with Crippen LogP contribution in [0.4, 0.5) is 0 Å². The number of aromatic nitrogens is 1. The zero-order valence-corrected chi connectivity index (χ0v) is 25.5. The molecular formula is C31H34N2O8S. The van der Waals surface area contributed by atoms with E-state index in [1.54, 1.807) is 64.5 Å². The maximum atomic E-state index is 14.0. The summed E-state index contributed by atoms with van der Waals surface area (Å²) in [5.74, 6) is 0.689. The average molecular weight is 595 g/mol. The maximum absolute atomic E-state index is 14.0. The highest BCUT2D eigenvalue weighted by Crippen LogP contribution is 2.36. The first kappa shape index (κ1) is 30.6. The van der Waals surface area contributed by atoms with Crippen molar-refractivity contribution in [3.05, 3.63) is 78.5 Å². The van der Waals surface area contributed by atoms with Crippen LogP contribution < -0.4 is 33.8 Å². The first-order valence-corrected chi connectivity index (χ1v) is 14.3. The lowest BCUT2D eigenvalue weighted by Gasteiger charge is -2.25. The average Bonchev–Trinajstić information content (AvgIpc) is 3.25. The summed E-state index contributed by atoms with van der Waals surface area (Å²) >= 11 is 1.21. The molecule has 0 spiro atoms. The highest BCUT2D eigenvalue weighted by molar-refractivity contribution is 7.07. The molecule has 0 amide bonds. The van der Waals surface area contributed by atoms with Crippen LogP contribution in [0, 0.1) is 5.92 Å². The molecule has 0 saturated heterocycles. The Labute approximate surface area is 247 Å². The van der Waals surface area contributed by atoms with Gasteiger partial charge in [0, 0.05) is 6.92 Å². The number of carbonyl (C=O) groups excluding carboxylic acids is 2. The van der Waals surface area contributed by atoms with E-state index in [0.29, 0.717) is 44.4 Å². The van der Waals surface area contributed by atoms with Gasteiger partial charge in [-0.25, -0.2) is 9.79 Å². The fourth-order valence-corrected chi connectivity index (χ4v) is 5.56. The topological polar surface area (TPSA) is 115 Å². The first-order chi connectivity index (χ1) is 20.1. The van der Waals surface area contributed by atoms with Crippen molar-refractivity contribution in [3.63, 3.8) is 0 Å². The molecule has 0 aliphatic carbocycles. The van der Waals surface area contributed by atoms with E-state index in [1.807, 2.05) is 19.9 Å². The summed E-state index contributed by atoms with van der Waals surface area (Å²) in [4.78, 5) is 44.2. The van der Waals surface area contributed by atoms with Crippen molar-refractivity contribution in [1.29, 1.82) is 0 Å². The third kappa shape index (κ3) is 6.41. The number of methoxy groups -OCH3 is 2. The fourth-order valence-electron chi connectivity index (χ4n) is 4.51. The number of carbonyl (C=O) groups is 2. The summed E-state index contributed by atoms with van der Waals surface area (Å²) in [6.07, 6.45) is 1.74. The molecule has 0 N–H and O–H groups in total. The van der Waals surface area contributed by atoms with Gasteiger partial charge in [0.25, 0.3) is 5.56 Å². The van der Waals surface area contributed by atoms with Crippen molar-refractivity contribution in [2.75, 3.05) is 27.4 Å². The van der Waals surface area contributed by atoms with Crippen LogP contribution in [0.3, 0.4) is 0 Å². The Morgan fingerprint density at radius 1 is 1.05 bits per heavy atom. The maximum Gasteiger partial charge on any atom is 0.338 e. The minimum Gasteiger partial charge on any atom is -0.493 e. The fraction of sp³-hybridized carbons (Fsp3) is 0.355. The largest absolute Gasteiger partial charge is 0.493 e. The lowest BCUT2D eigenvalue weighted by Crippen LogP contribution is -2.40. The number of allylic oxidation sites excluding steroid dienone is 1. The van der Waals surface area contributed by atoms with Gasteiger partial charge in [-0.2, -0.15) is 0 Å². The van der Waals surface area contributed by atoms with E-state index >= 15 is 0 Å². The van der Waals surface area contributed by atoms with E-state index in [1.165, 1.54) is 22.8 Å². The molecule has 2 aromatic carbocycles. The Morgan fingerprint density at radius 2 is 1.76 bits per heavy atom. The predicted molar refractivity (Wildman–Crippen MR) is 158 cm³/mol. The van der Waals surface area contributed by atoms with Gasteiger partial charge >= 0.3 is 11.9 Å². The van der Waals surface area contributed by atoms with Crippen LogP contribution >= 0.6 is 11.3 Å². The van der Waals surface area contributed by atoms with E-state index in [0.717, 1.165) is 5.56 Å². The number of benzene rings is 2. The molecule has 3 aromatic rings. The molecule has 1 aliphatic rings. The van der Waals surface area contributed by atoms with E-state index in [9.17, 15) is 14.4 Å². The van der Waals surface area contributed by atoms with E-state index in [-0.39, 0.29) is 29.4 Å². The Bertz CT molecular complexity index is 1720. The van der Waals surface area contributed by atoms with Gasteiger partial charge in [0.2, 0.25) is 0 Å². The van der Waals surface area contributed by atoms with Gasteiger partial charge in [-0.1, -0.05) is 37.3 Å². The zero-order chi connectivity index (χ0) is 30.6. The van der Waals surface area contributed by atoms with Gasteiger partial charge in [0.1, 0.15) is 0 Å². The van der Waals surface area contributed by atoms with Crippen molar-refractivity contribution in [2.24, 2.45) is 10.9 Å². The quantitative estimate of drug-likeness (QED) is 0.257. The van der Waals surface area contributed by atoms with Crippen molar-refractivity contribution in [3.8, 4) is 23.0 Å². The van der Waals surface area contributed by atoms with Crippen molar-refractivity contribution < 1.29 is 33.3 Å². The van der Waals surface area contributed by atoms with Crippen molar-refractivity contribution in [2.45, 2.75) is 40.7 Å². The van der Waals surface area contributed by atoms with E-state index in [4.69, 9.17) is 23.7 Å². The monoisotopic (exact) mass is 594 g/mol. The molecule has 1 unspecified atom stereocenters. The summed E-state index contributed by atoms with van der Waals surface area (Å²) in [6.45, 7) is 9.23. The molecule has 0 radical (unpaired) electrons. The third-order valence-corrected chi connectivity index (χ3v) is 7.31. The highest BCUT2D eigenvalue weighted by atomic mass is 32.1. The van der Waals surface area contributed by atoms with Gasteiger partial charge in [-0.15, -0.1) is 0 Å². The smallest absolute Gasteiger partial charge is 0.338 e. The summed E-state index contributed by atoms with van der Waals surface area (Å²) in [5, 5.41) is 0. The lowest BCUT2D eigenvalue weighted by molar-refractivity contribution is -0.140. The number of fused-ring (bicyclic) bond motifs is 1. The lowest BCUT2D eigenvalue weighted by atomic mass is 9.95. The number of hydrogen-bond donors (Lipinski definition) is 0. The zero-order valence-electron chi connectivity index (χ0n) is 24.7. The minimum absolute atomic E-state index is 0.114. The Balaban J connectivity index is 1.93. The van der Waals surface area contributed by atoms with Crippen LogP contribution in [-0.2, 0) is 14.3 Å². The number of hydrogen-bond acceptors (Lipinski definition) is 10. The normalized spacial score (nSPS) is 14.8. The van der Waals surface area contributed by atoms with Gasteiger partial charge in [0.05, 0.1) is 49.3 Å². The van der Waals surface area contributed by atoms with Crippen molar-refractivity contribution >= 4 is 29.4 Å². The second-order valence-corrected chi connectivity index (χ2v) is 10.9. The molecule has 0 saturated carbocycles. The van der Waals surface area contributed by atoms with Crippen LogP contribution in [0.2, 0.25) is 0 Å². The van der Waals surface area contributed by atoms with Gasteiger partial charge in [-0.05, 0) is 61.2 Å². The van der Waals surface area contributed by atoms with Crippen LogP contribution in [0.25, 0.3) is 6.08 Å². The minimum atomic E-state index is -0.862.